The lowest BCUT2D eigenvalue weighted by Gasteiger charge is -2.33. The average molecular weight is 796 g/mol. The SMILES string of the molecule is CN(CCc1ccccn1)C(=O)C(C)(C)S(=O)(=O)C[C@@H](Cc1ccccc1)C(=O)N[C@@H](Cc1cscn1)C(=O)N[C@@H](CC1CCCCC1)[C@@H](O)[C@@H](O)C1CC1. The van der Waals surface area contributed by atoms with Gasteiger partial charge in [0.2, 0.25) is 17.7 Å². The number of aromatic nitrogens is 2. The van der Waals surface area contributed by atoms with Gasteiger partial charge in [0, 0.05) is 43.7 Å². The molecule has 2 fully saturated rings. The largest absolute Gasteiger partial charge is 0.390 e. The highest BCUT2D eigenvalue weighted by atomic mass is 32.2. The molecular formula is C41H57N5O7S2. The Bertz CT molecular complexity index is 1780. The molecule has 0 aliphatic heterocycles. The fourth-order valence-corrected chi connectivity index (χ4v) is 9.68. The van der Waals surface area contributed by atoms with E-state index >= 15 is 0 Å². The van der Waals surface area contributed by atoms with Crippen molar-refractivity contribution in [1.29, 1.82) is 0 Å². The monoisotopic (exact) mass is 795 g/mol. The van der Waals surface area contributed by atoms with Crippen molar-refractivity contribution >= 4 is 38.9 Å². The summed E-state index contributed by atoms with van der Waals surface area (Å²) in [4.78, 5) is 52.3. The number of carbonyl (C=O) groups excluding carboxylic acids is 3. The third kappa shape index (κ3) is 11.9. The molecule has 14 heteroatoms. The minimum absolute atomic E-state index is 0.0104. The predicted molar refractivity (Wildman–Crippen MR) is 213 cm³/mol. The normalized spacial score (nSPS) is 18.1. The molecule has 2 aliphatic rings. The van der Waals surface area contributed by atoms with E-state index in [4.69, 9.17) is 0 Å². The van der Waals surface area contributed by atoms with Gasteiger partial charge in [-0.2, -0.15) is 0 Å². The molecule has 12 nitrogen and oxygen atoms in total. The molecule has 2 aromatic heterocycles. The molecule has 0 saturated heterocycles. The fraction of sp³-hybridized carbons (Fsp3) is 0.585. The van der Waals surface area contributed by atoms with Crippen molar-refractivity contribution in [3.05, 3.63) is 82.6 Å². The molecular weight excluding hydrogens is 739 g/mol. The zero-order valence-electron chi connectivity index (χ0n) is 32.2. The summed E-state index contributed by atoms with van der Waals surface area (Å²) < 4.78 is 26.6. The lowest BCUT2D eigenvalue weighted by molar-refractivity contribution is -0.132. The first-order valence-electron chi connectivity index (χ1n) is 19.5. The molecule has 2 heterocycles. The van der Waals surface area contributed by atoms with E-state index in [1.807, 2.05) is 18.2 Å². The van der Waals surface area contributed by atoms with Crippen molar-refractivity contribution in [3.63, 3.8) is 0 Å². The van der Waals surface area contributed by atoms with Crippen molar-refractivity contribution in [2.24, 2.45) is 17.8 Å². The number of hydrogen-bond acceptors (Lipinski definition) is 10. The first-order chi connectivity index (χ1) is 26.2. The summed E-state index contributed by atoms with van der Waals surface area (Å²) in [6.07, 6.45) is 7.44. The Morgan fingerprint density at radius 1 is 0.909 bits per heavy atom. The van der Waals surface area contributed by atoms with Gasteiger partial charge in [0.15, 0.2) is 9.84 Å². The number of nitrogens with zero attached hydrogens (tertiary/aromatic N) is 3. The summed E-state index contributed by atoms with van der Waals surface area (Å²) in [7, 11) is -2.70. The van der Waals surface area contributed by atoms with Gasteiger partial charge in [0.1, 0.15) is 16.9 Å². The first kappa shape index (κ1) is 42.4. The van der Waals surface area contributed by atoms with Crippen LogP contribution in [0.2, 0.25) is 0 Å². The smallest absolute Gasteiger partial charge is 0.243 e. The summed E-state index contributed by atoms with van der Waals surface area (Å²) in [6.45, 7) is 2.99. The quantitative estimate of drug-likeness (QED) is 0.132. The molecule has 55 heavy (non-hydrogen) atoms. The zero-order chi connectivity index (χ0) is 39.6. The van der Waals surface area contributed by atoms with Crippen LogP contribution in [0.5, 0.6) is 0 Å². The second kappa shape index (κ2) is 19.4. The topological polar surface area (TPSA) is 179 Å². The Balaban J connectivity index is 1.36. The van der Waals surface area contributed by atoms with Crippen LogP contribution in [0, 0.1) is 17.8 Å². The highest BCUT2D eigenvalue weighted by Gasteiger charge is 2.46. The van der Waals surface area contributed by atoms with E-state index in [0.29, 0.717) is 18.5 Å². The number of pyridine rings is 1. The van der Waals surface area contributed by atoms with Crippen molar-refractivity contribution in [3.8, 4) is 0 Å². The molecule has 3 aromatic rings. The highest BCUT2D eigenvalue weighted by Crippen LogP contribution is 2.36. The van der Waals surface area contributed by atoms with Crippen LogP contribution in [-0.4, -0.2) is 99.6 Å². The van der Waals surface area contributed by atoms with Crippen molar-refractivity contribution < 1.29 is 33.0 Å². The minimum atomic E-state index is -4.26. The van der Waals surface area contributed by atoms with Crippen LogP contribution in [-0.2, 0) is 43.5 Å². The van der Waals surface area contributed by atoms with Crippen LogP contribution in [0.4, 0.5) is 0 Å². The molecule has 5 atom stereocenters. The molecule has 1 aromatic carbocycles. The van der Waals surface area contributed by atoms with E-state index in [9.17, 15) is 33.0 Å². The number of sulfone groups is 1. The third-order valence-corrected chi connectivity index (χ3v) is 14.4. The van der Waals surface area contributed by atoms with Crippen molar-refractivity contribution in [2.45, 2.75) is 114 Å². The molecule has 4 N–H and O–H groups in total. The fourth-order valence-electron chi connectivity index (χ4n) is 7.47. The number of thiazole rings is 1. The van der Waals surface area contributed by atoms with E-state index in [-0.39, 0.29) is 31.2 Å². The molecule has 2 aliphatic carbocycles. The van der Waals surface area contributed by atoms with E-state index in [1.165, 1.54) is 30.1 Å². The van der Waals surface area contributed by atoms with Crippen LogP contribution in [0.25, 0.3) is 0 Å². The molecule has 5 rings (SSSR count). The molecule has 0 bridgehead atoms. The lowest BCUT2D eigenvalue weighted by Crippen LogP contribution is -2.57. The first-order valence-corrected chi connectivity index (χ1v) is 22.1. The summed E-state index contributed by atoms with van der Waals surface area (Å²) in [5.41, 5.74) is 3.69. The van der Waals surface area contributed by atoms with Gasteiger partial charge in [-0.15, -0.1) is 11.3 Å². The molecule has 300 valence electrons. The van der Waals surface area contributed by atoms with Gasteiger partial charge in [-0.3, -0.25) is 19.4 Å². The molecule has 3 amide bonds. The number of likely N-dealkylation sites (N-methyl/N-ethyl adjacent to an activating group) is 1. The molecule has 0 radical (unpaired) electrons. The van der Waals surface area contributed by atoms with Gasteiger partial charge in [0.05, 0.1) is 35.0 Å². The number of aliphatic hydroxyl groups excluding tert-OH is 2. The Morgan fingerprint density at radius 2 is 1.62 bits per heavy atom. The van der Waals surface area contributed by atoms with Gasteiger partial charge in [-0.05, 0) is 69.1 Å². The average Bonchev–Trinajstić information content (AvgIpc) is 3.91. The second-order valence-electron chi connectivity index (χ2n) is 15.9. The maximum atomic E-state index is 14.3. The molecule has 0 spiro atoms. The van der Waals surface area contributed by atoms with Crippen molar-refractivity contribution in [2.75, 3.05) is 19.3 Å². The number of aliphatic hydroxyl groups is 2. The number of benzene rings is 1. The van der Waals surface area contributed by atoms with Gasteiger partial charge >= 0.3 is 0 Å². The lowest BCUT2D eigenvalue weighted by atomic mass is 9.82. The van der Waals surface area contributed by atoms with Gasteiger partial charge < -0.3 is 25.7 Å². The summed E-state index contributed by atoms with van der Waals surface area (Å²) in [5, 5.41) is 29.9. The Kier molecular flexibility index (Phi) is 15.0. The van der Waals surface area contributed by atoms with Gasteiger partial charge in [-0.25, -0.2) is 13.4 Å². The van der Waals surface area contributed by atoms with Crippen LogP contribution >= 0.6 is 11.3 Å². The Hall–Kier alpha value is -3.72. The molecule has 2 saturated carbocycles. The van der Waals surface area contributed by atoms with Crippen LogP contribution < -0.4 is 10.6 Å². The van der Waals surface area contributed by atoms with E-state index < -0.39 is 68.3 Å². The van der Waals surface area contributed by atoms with Gasteiger partial charge in [-0.1, -0.05) is 68.5 Å². The number of carbonyl (C=O) groups is 3. The standard InChI is InChI=1S/C41H57N5O7S2/c1-41(2,40(51)46(3)21-19-32-16-10-11-20-42-32)55(52,53)26-31(22-28-12-6-4-7-13-28)38(49)45-35(24-33-25-54-27-43-33)39(50)44-34(23-29-14-8-5-9-15-29)37(48)36(47)30-17-18-30/h4,6-7,10-13,16,20,25,27,29-31,34-37,47-48H,5,8-9,14-15,17-19,21-24,26H2,1-3H3,(H,44,50)(H,45,49)/t31-,34+,35+,36+,37-/m1/s1. The van der Waals surface area contributed by atoms with Gasteiger partial charge in [0.25, 0.3) is 0 Å². The minimum Gasteiger partial charge on any atom is -0.390 e. The Morgan fingerprint density at radius 3 is 2.25 bits per heavy atom. The van der Waals surface area contributed by atoms with Crippen LogP contribution in [0.15, 0.2) is 65.6 Å². The van der Waals surface area contributed by atoms with Crippen LogP contribution in [0.3, 0.4) is 0 Å². The number of amides is 3. The van der Waals surface area contributed by atoms with E-state index in [1.54, 1.807) is 54.5 Å². The maximum absolute atomic E-state index is 14.3. The van der Waals surface area contributed by atoms with Crippen molar-refractivity contribution in [1.82, 2.24) is 25.5 Å². The number of rotatable bonds is 20. The van der Waals surface area contributed by atoms with Crippen LogP contribution in [0.1, 0.15) is 82.2 Å². The van der Waals surface area contributed by atoms with E-state index in [0.717, 1.165) is 56.2 Å². The number of nitrogens with one attached hydrogen (secondary N) is 2. The highest BCUT2D eigenvalue weighted by molar-refractivity contribution is 7.93. The summed E-state index contributed by atoms with van der Waals surface area (Å²) >= 11 is 1.35. The zero-order valence-corrected chi connectivity index (χ0v) is 33.8. The molecule has 0 unspecified atom stereocenters. The third-order valence-electron chi connectivity index (χ3n) is 11.2. The Labute approximate surface area is 329 Å². The predicted octanol–water partition coefficient (Wildman–Crippen LogP) is 3.91. The summed E-state index contributed by atoms with van der Waals surface area (Å²) in [6, 6.07) is 12.6. The van der Waals surface area contributed by atoms with E-state index in [2.05, 4.69) is 20.6 Å². The second-order valence-corrected chi connectivity index (χ2v) is 19.2. The summed E-state index contributed by atoms with van der Waals surface area (Å²) in [5.74, 6) is -3.31. The maximum Gasteiger partial charge on any atom is 0.243 e. The number of hydrogen-bond donors (Lipinski definition) is 4.